The van der Waals surface area contributed by atoms with Gasteiger partial charge in [-0.15, -0.1) is 0 Å². The average molecular weight is 247 g/mol. The molecule has 1 aliphatic rings. The van der Waals surface area contributed by atoms with Gasteiger partial charge in [0.1, 0.15) is 0 Å². The van der Waals surface area contributed by atoms with E-state index < -0.39 is 0 Å². The number of benzene rings is 1. The fraction of sp³-hybridized carbons (Fsp3) is 0.429. The topological polar surface area (TPSA) is 55.4 Å². The summed E-state index contributed by atoms with van der Waals surface area (Å²) in [7, 11) is 1.67. The zero-order chi connectivity index (χ0) is 13.3. The monoisotopic (exact) mass is 247 g/mol. The van der Waals surface area contributed by atoms with Gasteiger partial charge in [0.15, 0.2) is 0 Å². The van der Waals surface area contributed by atoms with Gasteiger partial charge in [-0.1, -0.05) is 12.1 Å². The predicted molar refractivity (Wildman–Crippen MR) is 67.6 cm³/mol. The first-order valence-electron chi connectivity index (χ1n) is 5.97. The Bertz CT molecular complexity index is 506. The minimum Gasteiger partial charge on any atom is -0.379 e. The van der Waals surface area contributed by atoms with Gasteiger partial charge < -0.3 is 4.74 Å². The van der Waals surface area contributed by atoms with E-state index in [4.69, 9.17) is 4.74 Å². The van der Waals surface area contributed by atoms with E-state index in [-0.39, 0.29) is 17.4 Å². The van der Waals surface area contributed by atoms with Crippen molar-refractivity contribution in [2.45, 2.75) is 32.3 Å². The molecule has 0 unspecified atom stereocenters. The molecule has 1 N–H and O–H groups in total. The lowest BCUT2D eigenvalue weighted by Gasteiger charge is -2.23. The summed E-state index contributed by atoms with van der Waals surface area (Å²) in [5.74, 6) is -0.594. The van der Waals surface area contributed by atoms with Gasteiger partial charge >= 0.3 is 0 Å². The van der Waals surface area contributed by atoms with Gasteiger partial charge in [0, 0.05) is 7.11 Å². The van der Waals surface area contributed by atoms with Crippen LogP contribution in [0.15, 0.2) is 18.2 Å². The molecule has 0 aromatic heterocycles. The molecular weight excluding hydrogens is 230 g/mol. The molecule has 4 heteroatoms. The number of carbonyl (C=O) groups excluding carboxylic acids is 2. The highest BCUT2D eigenvalue weighted by Gasteiger charge is 2.29. The molecular formula is C14H17NO3. The highest BCUT2D eigenvalue weighted by atomic mass is 16.5. The minimum absolute atomic E-state index is 0.234. The van der Waals surface area contributed by atoms with Crippen LogP contribution in [0.3, 0.4) is 0 Å². The molecule has 1 aromatic carbocycles. The van der Waals surface area contributed by atoms with Gasteiger partial charge in [-0.05, 0) is 38.3 Å². The number of methoxy groups -OCH3 is 1. The van der Waals surface area contributed by atoms with Gasteiger partial charge in [-0.25, -0.2) is 0 Å². The molecule has 0 bridgehead atoms. The van der Waals surface area contributed by atoms with E-state index in [1.807, 2.05) is 26.0 Å². The van der Waals surface area contributed by atoms with Gasteiger partial charge in [-0.3, -0.25) is 14.9 Å². The standard InChI is InChI=1S/C14H17NO3/c1-14(2,18-3)8-7-9-5-4-6-10-11(9)13(17)15-12(10)16/h4-6H,7-8H2,1-3H3,(H,15,16,17). The molecule has 96 valence electrons. The number of hydrogen-bond donors (Lipinski definition) is 1. The zero-order valence-electron chi connectivity index (χ0n) is 10.9. The van der Waals surface area contributed by atoms with Crippen LogP contribution in [-0.2, 0) is 11.2 Å². The summed E-state index contributed by atoms with van der Waals surface area (Å²) >= 11 is 0. The summed E-state index contributed by atoms with van der Waals surface area (Å²) in [5, 5.41) is 2.32. The van der Waals surface area contributed by atoms with Crippen molar-refractivity contribution < 1.29 is 14.3 Å². The normalized spacial score (nSPS) is 14.6. The Morgan fingerprint density at radius 1 is 1.22 bits per heavy atom. The summed E-state index contributed by atoms with van der Waals surface area (Å²) in [6.07, 6.45) is 1.51. The smallest absolute Gasteiger partial charge is 0.259 e. The second-order valence-electron chi connectivity index (χ2n) is 5.09. The third-order valence-corrected chi connectivity index (χ3v) is 3.40. The van der Waals surface area contributed by atoms with Crippen LogP contribution in [0.5, 0.6) is 0 Å². The van der Waals surface area contributed by atoms with Crippen molar-refractivity contribution in [3.05, 3.63) is 34.9 Å². The fourth-order valence-electron chi connectivity index (χ4n) is 2.04. The van der Waals surface area contributed by atoms with E-state index in [9.17, 15) is 9.59 Å². The van der Waals surface area contributed by atoms with E-state index in [1.54, 1.807) is 13.2 Å². The third-order valence-electron chi connectivity index (χ3n) is 3.40. The highest BCUT2D eigenvalue weighted by Crippen LogP contribution is 2.24. The van der Waals surface area contributed by atoms with Crippen molar-refractivity contribution in [1.29, 1.82) is 0 Å². The Hall–Kier alpha value is -1.68. The number of nitrogens with one attached hydrogen (secondary N) is 1. The molecule has 2 amide bonds. The quantitative estimate of drug-likeness (QED) is 0.827. The van der Waals surface area contributed by atoms with Crippen LogP contribution in [-0.4, -0.2) is 24.5 Å². The number of aryl methyl sites for hydroxylation is 1. The van der Waals surface area contributed by atoms with Gasteiger partial charge in [0.2, 0.25) is 0 Å². The lowest BCUT2D eigenvalue weighted by Crippen LogP contribution is -2.23. The number of imide groups is 1. The van der Waals surface area contributed by atoms with Crippen molar-refractivity contribution in [3.8, 4) is 0 Å². The molecule has 0 radical (unpaired) electrons. The van der Waals surface area contributed by atoms with Gasteiger partial charge in [-0.2, -0.15) is 0 Å². The second-order valence-corrected chi connectivity index (χ2v) is 5.09. The average Bonchev–Trinajstić information content (AvgIpc) is 2.63. The van der Waals surface area contributed by atoms with Crippen molar-refractivity contribution in [3.63, 3.8) is 0 Å². The molecule has 1 heterocycles. The molecule has 18 heavy (non-hydrogen) atoms. The van der Waals surface area contributed by atoms with Crippen LogP contribution >= 0.6 is 0 Å². The van der Waals surface area contributed by atoms with Crippen molar-refractivity contribution in [1.82, 2.24) is 5.32 Å². The first kappa shape index (κ1) is 12.8. The van der Waals surface area contributed by atoms with Crippen LogP contribution in [0.1, 0.15) is 46.5 Å². The van der Waals surface area contributed by atoms with Crippen LogP contribution in [0, 0.1) is 0 Å². The maximum atomic E-state index is 11.7. The largest absolute Gasteiger partial charge is 0.379 e. The van der Waals surface area contributed by atoms with Gasteiger partial charge in [0.05, 0.1) is 16.7 Å². The Labute approximate surface area is 106 Å². The lowest BCUT2D eigenvalue weighted by atomic mass is 9.94. The second kappa shape index (κ2) is 4.53. The summed E-state index contributed by atoms with van der Waals surface area (Å²) in [6, 6.07) is 5.38. The maximum absolute atomic E-state index is 11.7. The maximum Gasteiger partial charge on any atom is 0.259 e. The highest BCUT2D eigenvalue weighted by molar-refractivity contribution is 6.22. The molecule has 0 saturated carbocycles. The Balaban J connectivity index is 2.26. The van der Waals surface area contributed by atoms with Crippen LogP contribution in [0.4, 0.5) is 0 Å². The van der Waals surface area contributed by atoms with E-state index in [0.717, 1.165) is 12.0 Å². The first-order chi connectivity index (χ1) is 8.44. The van der Waals surface area contributed by atoms with Crippen LogP contribution in [0.25, 0.3) is 0 Å². The van der Waals surface area contributed by atoms with Crippen molar-refractivity contribution in [2.24, 2.45) is 0 Å². The van der Waals surface area contributed by atoms with Crippen LogP contribution < -0.4 is 5.32 Å². The number of ether oxygens (including phenoxy) is 1. The molecule has 2 rings (SSSR count). The third kappa shape index (κ3) is 2.29. The predicted octanol–water partition coefficient (Wildman–Crippen LogP) is 1.93. The molecule has 0 fully saturated rings. The van der Waals surface area contributed by atoms with Crippen molar-refractivity contribution in [2.75, 3.05) is 7.11 Å². The van der Waals surface area contributed by atoms with Crippen LogP contribution in [0.2, 0.25) is 0 Å². The lowest BCUT2D eigenvalue weighted by molar-refractivity contribution is 0.0157. The zero-order valence-corrected chi connectivity index (χ0v) is 10.9. The molecule has 0 saturated heterocycles. The number of carbonyl (C=O) groups is 2. The van der Waals surface area contributed by atoms with E-state index >= 15 is 0 Å². The van der Waals surface area contributed by atoms with E-state index in [2.05, 4.69) is 5.32 Å². The SMILES string of the molecule is COC(C)(C)CCc1cccc2c1C(=O)NC2=O. The first-order valence-corrected chi connectivity index (χ1v) is 5.97. The molecule has 0 atom stereocenters. The fourth-order valence-corrected chi connectivity index (χ4v) is 2.04. The molecule has 0 aliphatic carbocycles. The van der Waals surface area contributed by atoms with Crippen molar-refractivity contribution >= 4 is 11.8 Å². The number of rotatable bonds is 4. The number of hydrogen-bond acceptors (Lipinski definition) is 3. The number of fused-ring (bicyclic) bond motifs is 1. The van der Waals surface area contributed by atoms with E-state index in [1.165, 1.54) is 0 Å². The summed E-state index contributed by atoms with van der Waals surface area (Å²) in [4.78, 5) is 23.3. The number of amides is 2. The minimum atomic E-state index is -0.303. The van der Waals surface area contributed by atoms with Gasteiger partial charge in [0.25, 0.3) is 11.8 Å². The molecule has 0 spiro atoms. The summed E-state index contributed by atoms with van der Waals surface area (Å²) in [6.45, 7) is 4.00. The Kier molecular flexibility index (Phi) is 3.22. The molecule has 1 aliphatic heterocycles. The van der Waals surface area contributed by atoms with E-state index in [0.29, 0.717) is 17.5 Å². The summed E-state index contributed by atoms with van der Waals surface area (Å²) < 4.78 is 5.36. The summed E-state index contributed by atoms with van der Waals surface area (Å²) in [5.41, 5.74) is 1.67. The molecule has 4 nitrogen and oxygen atoms in total. The molecule has 1 aromatic rings. The Morgan fingerprint density at radius 2 is 1.94 bits per heavy atom. The Morgan fingerprint density at radius 3 is 2.61 bits per heavy atom.